The van der Waals surface area contributed by atoms with Crippen molar-refractivity contribution >= 4 is 5.97 Å². The van der Waals surface area contributed by atoms with E-state index in [-0.39, 0.29) is 5.56 Å². The Morgan fingerprint density at radius 3 is 3.08 bits per heavy atom. The van der Waals surface area contributed by atoms with E-state index < -0.39 is 5.97 Å². The summed E-state index contributed by atoms with van der Waals surface area (Å²) in [6, 6.07) is 1.58. The summed E-state index contributed by atoms with van der Waals surface area (Å²) in [5, 5.41) is 8.64. The van der Waals surface area contributed by atoms with E-state index in [1.165, 1.54) is 6.20 Å². The van der Waals surface area contributed by atoms with Gasteiger partial charge in [0.25, 0.3) is 0 Å². The van der Waals surface area contributed by atoms with E-state index in [1.54, 1.807) is 18.5 Å². The van der Waals surface area contributed by atoms with Gasteiger partial charge in [0.2, 0.25) is 0 Å². The van der Waals surface area contributed by atoms with E-state index in [9.17, 15) is 4.79 Å². The van der Waals surface area contributed by atoms with Gasteiger partial charge in [0.15, 0.2) is 0 Å². The standard InChI is InChI=1S/C8H6N2O2/c11-8(12)6-1-5-2-9-4-7(5)10-3-6/h1-4,10H,(H,11,12). The molecule has 0 radical (unpaired) electrons. The summed E-state index contributed by atoms with van der Waals surface area (Å²) in [4.78, 5) is 17.2. The van der Waals surface area contributed by atoms with E-state index in [1.807, 2.05) is 0 Å². The zero-order chi connectivity index (χ0) is 8.55. The third-order valence-electron chi connectivity index (χ3n) is 1.67. The molecule has 0 amide bonds. The first-order valence-corrected chi connectivity index (χ1v) is 3.43. The zero-order valence-electron chi connectivity index (χ0n) is 6.11. The van der Waals surface area contributed by atoms with Gasteiger partial charge < -0.3 is 10.1 Å². The highest BCUT2D eigenvalue weighted by Gasteiger charge is 2.07. The lowest BCUT2D eigenvalue weighted by Crippen LogP contribution is -1.97. The first kappa shape index (κ1) is 6.84. The highest BCUT2D eigenvalue weighted by atomic mass is 16.4. The van der Waals surface area contributed by atoms with E-state index in [2.05, 4.69) is 9.97 Å². The minimum Gasteiger partial charge on any atom is -0.478 e. The molecule has 2 N–H and O–H groups in total. The lowest BCUT2D eigenvalue weighted by atomic mass is 10.2. The van der Waals surface area contributed by atoms with Gasteiger partial charge in [0, 0.05) is 18.0 Å². The SMILES string of the molecule is O=C(O)c1c[nH]c2cncc-2c1. The Bertz CT molecular complexity index is 394. The molecule has 4 heteroatoms. The van der Waals surface area contributed by atoms with Gasteiger partial charge in [-0.3, -0.25) is 4.98 Å². The Labute approximate surface area is 68.2 Å². The van der Waals surface area contributed by atoms with Crippen molar-refractivity contribution in [3.63, 3.8) is 0 Å². The van der Waals surface area contributed by atoms with Crippen LogP contribution in [-0.4, -0.2) is 21.0 Å². The Kier molecular flexibility index (Phi) is 1.33. The molecule has 0 aromatic heterocycles. The second-order valence-electron chi connectivity index (χ2n) is 2.47. The predicted octanol–water partition coefficient (Wildman–Crippen LogP) is 1.21. The molecule has 0 aromatic carbocycles. The molecule has 60 valence electrons. The predicted molar refractivity (Wildman–Crippen MR) is 42.2 cm³/mol. The van der Waals surface area contributed by atoms with Crippen LogP contribution in [0.1, 0.15) is 10.4 Å². The van der Waals surface area contributed by atoms with E-state index >= 15 is 0 Å². The number of carboxylic acids is 1. The Morgan fingerprint density at radius 1 is 1.50 bits per heavy atom. The molecule has 0 aliphatic carbocycles. The third-order valence-corrected chi connectivity index (χ3v) is 1.67. The summed E-state index contributed by atoms with van der Waals surface area (Å²) in [5.74, 6) is -0.936. The number of aromatic amines is 1. The van der Waals surface area contributed by atoms with E-state index in [4.69, 9.17) is 5.11 Å². The average Bonchev–Trinajstić information content (AvgIpc) is 2.49. The van der Waals surface area contributed by atoms with Crippen LogP contribution in [0.25, 0.3) is 11.3 Å². The molecule has 0 saturated heterocycles. The third kappa shape index (κ3) is 0.934. The number of carboxylic acid groups (broad SMARTS) is 1. The molecule has 12 heavy (non-hydrogen) atoms. The summed E-state index contributed by atoms with van der Waals surface area (Å²) in [6.07, 6.45) is 4.73. The average molecular weight is 162 g/mol. The first-order valence-electron chi connectivity index (χ1n) is 3.43. The van der Waals surface area contributed by atoms with Gasteiger partial charge >= 0.3 is 5.97 Å². The lowest BCUT2D eigenvalue weighted by molar-refractivity contribution is 0.0696. The fourth-order valence-corrected chi connectivity index (χ4v) is 1.06. The summed E-state index contributed by atoms with van der Waals surface area (Å²) in [5.41, 5.74) is 1.91. The van der Waals surface area contributed by atoms with Crippen LogP contribution < -0.4 is 0 Å². The van der Waals surface area contributed by atoms with Gasteiger partial charge in [-0.2, -0.15) is 0 Å². The largest absolute Gasteiger partial charge is 0.478 e. The van der Waals surface area contributed by atoms with Crippen molar-refractivity contribution in [3.05, 3.63) is 30.2 Å². The van der Waals surface area contributed by atoms with Gasteiger partial charge in [-0.25, -0.2) is 4.79 Å². The summed E-state index contributed by atoms with van der Waals surface area (Å²) in [6.45, 7) is 0. The van der Waals surface area contributed by atoms with Gasteiger partial charge in [-0.1, -0.05) is 0 Å². The van der Waals surface area contributed by atoms with Crippen LogP contribution >= 0.6 is 0 Å². The number of aromatic nitrogens is 2. The van der Waals surface area contributed by atoms with Crippen LogP contribution in [0.3, 0.4) is 0 Å². The van der Waals surface area contributed by atoms with Crippen molar-refractivity contribution in [3.8, 4) is 11.3 Å². The lowest BCUT2D eigenvalue weighted by Gasteiger charge is -1.98. The number of rotatable bonds is 1. The number of nitrogens with one attached hydrogen (secondary N) is 1. The molecule has 2 aliphatic rings. The fourth-order valence-electron chi connectivity index (χ4n) is 1.06. The number of nitrogens with zero attached hydrogens (tertiary/aromatic N) is 1. The molecule has 0 spiro atoms. The number of aromatic carboxylic acids is 1. The quantitative estimate of drug-likeness (QED) is 0.662. The van der Waals surface area contributed by atoms with Crippen molar-refractivity contribution in [1.82, 2.24) is 9.97 Å². The number of H-pyrrole nitrogens is 1. The highest BCUT2D eigenvalue weighted by Crippen LogP contribution is 2.18. The van der Waals surface area contributed by atoms with Crippen molar-refractivity contribution in [1.29, 1.82) is 0 Å². The second kappa shape index (κ2) is 2.34. The Morgan fingerprint density at radius 2 is 2.33 bits per heavy atom. The molecule has 2 aliphatic heterocycles. The van der Waals surface area contributed by atoms with Crippen LogP contribution in [0.15, 0.2) is 24.7 Å². The van der Waals surface area contributed by atoms with Crippen LogP contribution in [-0.2, 0) is 0 Å². The smallest absolute Gasteiger partial charge is 0.337 e. The number of hydrogen-bond donors (Lipinski definition) is 2. The molecule has 0 fully saturated rings. The summed E-state index contributed by atoms with van der Waals surface area (Å²) in [7, 11) is 0. The maximum atomic E-state index is 10.5. The van der Waals surface area contributed by atoms with E-state index in [0.29, 0.717) is 0 Å². The summed E-state index contributed by atoms with van der Waals surface area (Å²) >= 11 is 0. The van der Waals surface area contributed by atoms with Crippen molar-refractivity contribution in [2.45, 2.75) is 0 Å². The Hall–Kier alpha value is -1.84. The van der Waals surface area contributed by atoms with Crippen LogP contribution in [0, 0.1) is 0 Å². The normalized spacial score (nSPS) is 10.3. The zero-order valence-corrected chi connectivity index (χ0v) is 6.11. The molecular weight excluding hydrogens is 156 g/mol. The number of fused-ring (bicyclic) bond motifs is 1. The molecule has 2 rings (SSSR count). The van der Waals surface area contributed by atoms with Crippen molar-refractivity contribution < 1.29 is 9.90 Å². The van der Waals surface area contributed by atoms with Gasteiger partial charge in [-0.15, -0.1) is 0 Å². The monoisotopic (exact) mass is 162 g/mol. The molecule has 0 atom stereocenters. The number of carbonyl (C=O) groups is 1. The van der Waals surface area contributed by atoms with Gasteiger partial charge in [0.1, 0.15) is 0 Å². The minimum atomic E-state index is -0.936. The van der Waals surface area contributed by atoms with Crippen molar-refractivity contribution in [2.24, 2.45) is 0 Å². The topological polar surface area (TPSA) is 66.0 Å². The van der Waals surface area contributed by atoms with Crippen LogP contribution in [0.4, 0.5) is 0 Å². The maximum absolute atomic E-state index is 10.5. The first-order chi connectivity index (χ1) is 5.77. The number of hydrogen-bond acceptors (Lipinski definition) is 2. The van der Waals surface area contributed by atoms with Crippen LogP contribution in [0.5, 0.6) is 0 Å². The van der Waals surface area contributed by atoms with Crippen LogP contribution in [0.2, 0.25) is 0 Å². The second-order valence-corrected chi connectivity index (χ2v) is 2.47. The van der Waals surface area contributed by atoms with Crippen molar-refractivity contribution in [2.75, 3.05) is 0 Å². The van der Waals surface area contributed by atoms with Gasteiger partial charge in [0.05, 0.1) is 17.5 Å². The number of pyridine rings is 1. The minimum absolute atomic E-state index is 0.246. The molecule has 0 bridgehead atoms. The van der Waals surface area contributed by atoms with Gasteiger partial charge in [-0.05, 0) is 6.07 Å². The highest BCUT2D eigenvalue weighted by molar-refractivity contribution is 5.89. The molecule has 2 heterocycles. The maximum Gasteiger partial charge on any atom is 0.337 e. The molecular formula is C8H6N2O2. The summed E-state index contributed by atoms with van der Waals surface area (Å²) < 4.78 is 0. The molecule has 0 unspecified atom stereocenters. The van der Waals surface area contributed by atoms with E-state index in [0.717, 1.165) is 11.3 Å². The molecule has 0 aromatic rings. The Balaban J connectivity index is 2.62. The fraction of sp³-hybridized carbons (Fsp3) is 0. The molecule has 0 saturated carbocycles. The molecule has 4 nitrogen and oxygen atoms in total.